The number of aromatic nitrogens is 1. The van der Waals surface area contributed by atoms with Crippen molar-refractivity contribution >= 4 is 26.5 Å². The van der Waals surface area contributed by atoms with Crippen molar-refractivity contribution in [1.82, 2.24) is 9.29 Å². The Kier molecular flexibility index (Phi) is 4.63. The number of piperazine rings is 1. The third kappa shape index (κ3) is 3.74. The topological polar surface area (TPSA) is 73.7 Å². The van der Waals surface area contributed by atoms with Crippen molar-refractivity contribution in [3.8, 4) is 0 Å². The fourth-order valence-electron chi connectivity index (χ4n) is 2.38. The lowest BCUT2D eigenvalue weighted by Gasteiger charge is -2.33. The molecule has 0 amide bonds. The van der Waals surface area contributed by atoms with Gasteiger partial charge in [-0.15, -0.1) is 0 Å². The van der Waals surface area contributed by atoms with Crippen LogP contribution < -0.4 is 4.90 Å². The van der Waals surface area contributed by atoms with Crippen LogP contribution in [0.4, 0.5) is 5.13 Å². The van der Waals surface area contributed by atoms with Gasteiger partial charge in [0, 0.05) is 31.6 Å². The molecule has 8 heteroatoms. The fourth-order valence-corrected chi connectivity index (χ4v) is 4.39. The molecule has 1 N–H and O–H groups in total. The molecule has 6 nitrogen and oxygen atoms in total. The summed E-state index contributed by atoms with van der Waals surface area (Å²) in [7, 11) is -3.11. The second kappa shape index (κ2) is 5.83. The molecule has 0 saturated carbocycles. The van der Waals surface area contributed by atoms with Gasteiger partial charge in [-0.25, -0.2) is 13.4 Å². The number of anilines is 1. The third-order valence-electron chi connectivity index (χ3n) is 3.52. The smallest absolute Gasteiger partial charge is 0.211 e. The first-order valence-corrected chi connectivity index (χ1v) is 9.60. The van der Waals surface area contributed by atoms with Gasteiger partial charge in [0.15, 0.2) is 5.13 Å². The van der Waals surface area contributed by atoms with Gasteiger partial charge in [0.05, 0.1) is 23.4 Å². The number of aliphatic hydroxyl groups excluding tert-OH is 1. The summed E-state index contributed by atoms with van der Waals surface area (Å²) in [5, 5.41) is 10.4. The summed E-state index contributed by atoms with van der Waals surface area (Å²) in [6, 6.07) is 0. The van der Waals surface area contributed by atoms with E-state index in [1.165, 1.54) is 21.9 Å². The second-order valence-corrected chi connectivity index (χ2v) is 9.37. The van der Waals surface area contributed by atoms with Crippen LogP contribution in [-0.4, -0.2) is 55.2 Å². The van der Waals surface area contributed by atoms with Crippen LogP contribution in [-0.2, 0) is 22.0 Å². The molecule has 1 aliphatic heterocycles. The van der Waals surface area contributed by atoms with Crippen LogP contribution in [0.2, 0.25) is 0 Å². The normalized spacial score (nSPS) is 18.2. The van der Waals surface area contributed by atoms with E-state index in [4.69, 9.17) is 0 Å². The lowest BCUT2D eigenvalue weighted by molar-refractivity contribution is 0.282. The summed E-state index contributed by atoms with van der Waals surface area (Å²) in [5.74, 6) is 0. The van der Waals surface area contributed by atoms with Gasteiger partial charge in [0.1, 0.15) is 0 Å². The van der Waals surface area contributed by atoms with E-state index in [0.717, 1.165) is 15.7 Å². The zero-order valence-corrected chi connectivity index (χ0v) is 14.6. The third-order valence-corrected chi connectivity index (χ3v) is 5.92. The highest BCUT2D eigenvalue weighted by atomic mass is 32.2. The highest BCUT2D eigenvalue weighted by Gasteiger charge is 2.28. The lowest BCUT2D eigenvalue weighted by atomic mass is 9.91. The number of rotatable bonds is 3. The molecule has 2 heterocycles. The predicted molar refractivity (Wildman–Crippen MR) is 85.4 cm³/mol. The monoisotopic (exact) mass is 333 g/mol. The number of aliphatic hydroxyl groups is 1. The lowest BCUT2D eigenvalue weighted by Crippen LogP contribution is -2.48. The number of sulfonamides is 1. The maximum Gasteiger partial charge on any atom is 0.211 e. The van der Waals surface area contributed by atoms with Crippen molar-refractivity contribution in [2.75, 3.05) is 37.3 Å². The van der Waals surface area contributed by atoms with E-state index >= 15 is 0 Å². The highest BCUT2D eigenvalue weighted by molar-refractivity contribution is 7.88. The number of thiazole rings is 1. The molecule has 120 valence electrons. The maximum atomic E-state index is 11.5. The zero-order chi connectivity index (χ0) is 15.8. The van der Waals surface area contributed by atoms with E-state index in [1.807, 2.05) is 0 Å². The first-order valence-electron chi connectivity index (χ1n) is 6.94. The molecule has 1 saturated heterocycles. The van der Waals surface area contributed by atoms with Gasteiger partial charge in [-0.05, 0) is 0 Å². The van der Waals surface area contributed by atoms with Crippen molar-refractivity contribution in [3.05, 3.63) is 10.6 Å². The molecule has 0 radical (unpaired) electrons. The minimum atomic E-state index is -3.11. The molecule has 0 atom stereocenters. The molecule has 1 aromatic rings. The van der Waals surface area contributed by atoms with Crippen LogP contribution in [0.5, 0.6) is 0 Å². The van der Waals surface area contributed by atoms with E-state index in [1.54, 1.807) is 0 Å². The Hall–Kier alpha value is -0.700. The average Bonchev–Trinajstić information content (AvgIpc) is 2.82. The van der Waals surface area contributed by atoms with E-state index in [9.17, 15) is 13.5 Å². The summed E-state index contributed by atoms with van der Waals surface area (Å²) in [6.07, 6.45) is 1.24. The fraction of sp³-hybridized carbons (Fsp3) is 0.769. The summed E-state index contributed by atoms with van der Waals surface area (Å²) in [4.78, 5) is 7.67. The molecule has 0 spiro atoms. The van der Waals surface area contributed by atoms with Crippen molar-refractivity contribution < 1.29 is 13.5 Å². The first-order chi connectivity index (χ1) is 9.63. The van der Waals surface area contributed by atoms with E-state index in [0.29, 0.717) is 26.2 Å². The Labute approximate surface area is 130 Å². The van der Waals surface area contributed by atoms with E-state index < -0.39 is 10.0 Å². The summed E-state index contributed by atoms with van der Waals surface area (Å²) >= 11 is 1.50. The second-order valence-electron chi connectivity index (χ2n) is 6.33. The SMILES string of the molecule is CC(C)(C)c1nc(N2CCN(S(C)(=O)=O)CC2)sc1CO. The van der Waals surface area contributed by atoms with E-state index in [-0.39, 0.29) is 12.0 Å². The molecule has 1 fully saturated rings. The van der Waals surface area contributed by atoms with Crippen LogP contribution in [0.1, 0.15) is 31.3 Å². The Balaban J connectivity index is 2.16. The molecular formula is C13H23N3O3S2. The molecule has 1 aromatic heterocycles. The van der Waals surface area contributed by atoms with Gasteiger partial charge in [-0.1, -0.05) is 32.1 Å². The molecule has 0 aliphatic carbocycles. The van der Waals surface area contributed by atoms with Gasteiger partial charge < -0.3 is 10.0 Å². The quantitative estimate of drug-likeness (QED) is 0.894. The summed E-state index contributed by atoms with van der Waals surface area (Å²) in [6.45, 7) is 8.46. The maximum absolute atomic E-state index is 11.5. The van der Waals surface area contributed by atoms with Crippen LogP contribution in [0.3, 0.4) is 0 Å². The number of nitrogens with zero attached hydrogens (tertiary/aromatic N) is 3. The Morgan fingerprint density at radius 2 is 1.81 bits per heavy atom. The Morgan fingerprint density at radius 1 is 1.24 bits per heavy atom. The molecule has 21 heavy (non-hydrogen) atoms. The molecule has 1 aliphatic rings. The molecule has 0 unspecified atom stereocenters. The van der Waals surface area contributed by atoms with Gasteiger partial charge in [-0.3, -0.25) is 0 Å². The van der Waals surface area contributed by atoms with Crippen LogP contribution in [0.25, 0.3) is 0 Å². The van der Waals surface area contributed by atoms with Crippen molar-refractivity contribution in [3.63, 3.8) is 0 Å². The van der Waals surface area contributed by atoms with Gasteiger partial charge in [0.25, 0.3) is 0 Å². The number of hydrogen-bond donors (Lipinski definition) is 1. The Bertz CT molecular complexity index is 597. The Morgan fingerprint density at radius 3 is 2.19 bits per heavy atom. The van der Waals surface area contributed by atoms with Crippen LogP contribution in [0, 0.1) is 0 Å². The molecule has 0 aromatic carbocycles. The van der Waals surface area contributed by atoms with Gasteiger partial charge in [-0.2, -0.15) is 4.31 Å². The number of hydrogen-bond acceptors (Lipinski definition) is 6. The standard InChI is InChI=1S/C13H23N3O3S2/c1-13(2,3)11-10(9-17)20-12(14-11)15-5-7-16(8-6-15)21(4,18)19/h17H,5-9H2,1-4H3. The van der Waals surface area contributed by atoms with Gasteiger partial charge in [0.2, 0.25) is 10.0 Å². The highest BCUT2D eigenvalue weighted by Crippen LogP contribution is 2.34. The van der Waals surface area contributed by atoms with Crippen molar-refractivity contribution in [2.45, 2.75) is 32.8 Å². The van der Waals surface area contributed by atoms with Gasteiger partial charge >= 0.3 is 0 Å². The van der Waals surface area contributed by atoms with Crippen LogP contribution in [0.15, 0.2) is 0 Å². The van der Waals surface area contributed by atoms with Crippen molar-refractivity contribution in [2.24, 2.45) is 0 Å². The van der Waals surface area contributed by atoms with Crippen molar-refractivity contribution in [1.29, 1.82) is 0 Å². The minimum absolute atomic E-state index is 0.00637. The first kappa shape index (κ1) is 16.7. The van der Waals surface area contributed by atoms with Crippen LogP contribution >= 0.6 is 11.3 Å². The summed E-state index contributed by atoms with van der Waals surface area (Å²) < 4.78 is 24.5. The molecule has 0 bridgehead atoms. The molecule has 2 rings (SSSR count). The predicted octanol–water partition coefficient (Wildman–Crippen LogP) is 1.01. The minimum Gasteiger partial charge on any atom is -0.391 e. The molecular weight excluding hydrogens is 310 g/mol. The average molecular weight is 333 g/mol. The van der Waals surface area contributed by atoms with E-state index in [2.05, 4.69) is 30.7 Å². The summed E-state index contributed by atoms with van der Waals surface area (Å²) in [5.41, 5.74) is 0.817. The largest absolute Gasteiger partial charge is 0.391 e. The zero-order valence-electron chi connectivity index (χ0n) is 13.0.